The summed E-state index contributed by atoms with van der Waals surface area (Å²) >= 11 is 0. The van der Waals surface area contributed by atoms with E-state index in [1.54, 1.807) is 12.1 Å². The fourth-order valence-corrected chi connectivity index (χ4v) is 4.74. The molecule has 1 aromatic heterocycles. The molecule has 0 saturated carbocycles. The Bertz CT molecular complexity index is 1040. The number of H-pyrrole nitrogens is 1. The highest BCUT2D eigenvalue weighted by molar-refractivity contribution is 7.90. The van der Waals surface area contributed by atoms with E-state index in [1.165, 1.54) is 23.1 Å². The summed E-state index contributed by atoms with van der Waals surface area (Å²) < 4.78 is 23.2. The predicted octanol–water partition coefficient (Wildman–Crippen LogP) is 3.78. The van der Waals surface area contributed by atoms with Gasteiger partial charge >= 0.3 is 0 Å². The van der Waals surface area contributed by atoms with E-state index in [9.17, 15) is 8.42 Å². The van der Waals surface area contributed by atoms with E-state index in [-0.39, 0.29) is 0 Å². The number of hydrogen-bond donors (Lipinski definition) is 1. The molecule has 0 amide bonds. The molecule has 0 unspecified atom stereocenters. The number of aromatic nitrogens is 2. The number of rotatable bonds is 6. The first-order chi connectivity index (χ1) is 14.0. The molecule has 6 heteroatoms. The van der Waals surface area contributed by atoms with Crippen molar-refractivity contribution in [1.82, 2.24) is 15.1 Å². The molecule has 0 atom stereocenters. The van der Waals surface area contributed by atoms with Crippen LogP contribution in [0.15, 0.2) is 65.7 Å². The van der Waals surface area contributed by atoms with E-state index in [4.69, 9.17) is 0 Å². The Hall–Kier alpha value is -2.44. The highest BCUT2D eigenvalue weighted by Crippen LogP contribution is 2.30. The molecule has 1 fully saturated rings. The third kappa shape index (κ3) is 4.95. The van der Waals surface area contributed by atoms with Gasteiger partial charge in [0, 0.05) is 30.8 Å². The lowest BCUT2D eigenvalue weighted by molar-refractivity contribution is 0.203. The topological polar surface area (TPSA) is 66.1 Å². The van der Waals surface area contributed by atoms with Gasteiger partial charge in [0.25, 0.3) is 0 Å². The minimum absolute atomic E-state index is 0.380. The zero-order valence-electron chi connectivity index (χ0n) is 16.7. The Morgan fingerprint density at radius 2 is 1.69 bits per heavy atom. The summed E-state index contributed by atoms with van der Waals surface area (Å²) in [6.07, 6.45) is 6.34. The summed E-state index contributed by atoms with van der Waals surface area (Å²) in [4.78, 5) is 2.82. The normalized spacial score (nSPS) is 16.2. The number of hydrogen-bond acceptors (Lipinski definition) is 4. The molecule has 2 heterocycles. The van der Waals surface area contributed by atoms with Gasteiger partial charge in [0.15, 0.2) is 9.84 Å². The molecule has 0 spiro atoms. The maximum atomic E-state index is 11.6. The van der Waals surface area contributed by atoms with Gasteiger partial charge < -0.3 is 0 Å². The van der Waals surface area contributed by atoms with Crippen LogP contribution in [0.25, 0.3) is 0 Å². The smallest absolute Gasteiger partial charge is 0.175 e. The maximum Gasteiger partial charge on any atom is 0.175 e. The average molecular weight is 410 g/mol. The van der Waals surface area contributed by atoms with Crippen molar-refractivity contribution in [3.8, 4) is 0 Å². The zero-order valence-corrected chi connectivity index (χ0v) is 17.5. The molecule has 1 aliphatic heterocycles. The van der Waals surface area contributed by atoms with E-state index >= 15 is 0 Å². The van der Waals surface area contributed by atoms with Crippen LogP contribution in [0.5, 0.6) is 0 Å². The number of nitrogens with one attached hydrogen (secondary N) is 1. The van der Waals surface area contributed by atoms with Gasteiger partial charge in [-0.1, -0.05) is 42.5 Å². The average Bonchev–Trinajstić information content (AvgIpc) is 3.17. The lowest BCUT2D eigenvalue weighted by Gasteiger charge is -2.32. The number of sulfone groups is 1. The molecule has 29 heavy (non-hydrogen) atoms. The van der Waals surface area contributed by atoms with Gasteiger partial charge in [0.2, 0.25) is 0 Å². The molecule has 0 radical (unpaired) electrons. The second-order valence-electron chi connectivity index (χ2n) is 7.94. The summed E-state index contributed by atoms with van der Waals surface area (Å²) in [5, 5.41) is 7.58. The Morgan fingerprint density at radius 3 is 2.34 bits per heavy atom. The van der Waals surface area contributed by atoms with Gasteiger partial charge in [-0.3, -0.25) is 10.00 Å². The fourth-order valence-electron chi connectivity index (χ4n) is 4.11. The van der Waals surface area contributed by atoms with Crippen LogP contribution in [0.2, 0.25) is 0 Å². The van der Waals surface area contributed by atoms with E-state index < -0.39 is 9.84 Å². The van der Waals surface area contributed by atoms with E-state index in [2.05, 4.69) is 39.4 Å². The summed E-state index contributed by atoms with van der Waals surface area (Å²) in [6, 6.07) is 17.8. The van der Waals surface area contributed by atoms with Crippen molar-refractivity contribution in [1.29, 1.82) is 0 Å². The standard InChI is InChI=1S/C23H27N3O2S/c1-29(27,28)22-9-7-19(8-10-22)17-26-13-11-20(12-14-26)23-21(16-24-25-23)15-18-5-3-2-4-6-18/h2-10,16,20H,11-15,17H2,1H3,(H,24,25). The maximum absolute atomic E-state index is 11.6. The van der Waals surface area contributed by atoms with Crippen molar-refractivity contribution >= 4 is 9.84 Å². The quantitative estimate of drug-likeness (QED) is 0.673. The van der Waals surface area contributed by atoms with Crippen molar-refractivity contribution in [3.63, 3.8) is 0 Å². The minimum atomic E-state index is -3.13. The Morgan fingerprint density at radius 1 is 1.00 bits per heavy atom. The lowest BCUT2D eigenvalue weighted by atomic mass is 9.89. The highest BCUT2D eigenvalue weighted by Gasteiger charge is 2.24. The Labute approximate surface area is 172 Å². The Kier molecular flexibility index (Phi) is 5.83. The van der Waals surface area contributed by atoms with Crippen LogP contribution in [-0.4, -0.2) is 42.9 Å². The summed E-state index contributed by atoms with van der Waals surface area (Å²) in [7, 11) is -3.13. The molecule has 152 valence electrons. The largest absolute Gasteiger partial charge is 0.299 e. The zero-order chi connectivity index (χ0) is 20.3. The molecule has 0 aliphatic carbocycles. The molecule has 5 nitrogen and oxygen atoms in total. The minimum Gasteiger partial charge on any atom is -0.299 e. The molecular weight excluding hydrogens is 382 g/mol. The third-order valence-electron chi connectivity index (χ3n) is 5.74. The highest BCUT2D eigenvalue weighted by atomic mass is 32.2. The van der Waals surface area contributed by atoms with Crippen molar-refractivity contribution < 1.29 is 8.42 Å². The summed E-state index contributed by atoms with van der Waals surface area (Å²) in [6.45, 7) is 2.92. The van der Waals surface area contributed by atoms with Crippen LogP contribution in [-0.2, 0) is 22.8 Å². The number of piperidine rings is 1. The first-order valence-electron chi connectivity index (χ1n) is 10.1. The van der Waals surface area contributed by atoms with E-state index in [1.807, 2.05) is 24.4 Å². The number of aromatic amines is 1. The molecule has 0 bridgehead atoms. The van der Waals surface area contributed by atoms with Gasteiger partial charge in [-0.2, -0.15) is 5.10 Å². The monoisotopic (exact) mass is 409 g/mol. The Balaban J connectivity index is 1.35. The fraction of sp³-hybridized carbons (Fsp3) is 0.348. The molecule has 1 saturated heterocycles. The van der Waals surface area contributed by atoms with Gasteiger partial charge in [-0.15, -0.1) is 0 Å². The van der Waals surface area contributed by atoms with Crippen LogP contribution in [0.3, 0.4) is 0 Å². The first-order valence-corrected chi connectivity index (χ1v) is 12.0. The molecule has 4 rings (SSSR count). The summed E-state index contributed by atoms with van der Waals surface area (Å²) in [5.41, 5.74) is 5.05. The molecule has 2 aromatic carbocycles. The van der Waals surface area contributed by atoms with Crippen molar-refractivity contribution in [3.05, 3.63) is 83.2 Å². The van der Waals surface area contributed by atoms with E-state index in [0.717, 1.165) is 44.5 Å². The lowest BCUT2D eigenvalue weighted by Crippen LogP contribution is -2.32. The van der Waals surface area contributed by atoms with Gasteiger partial charge in [0.05, 0.1) is 11.1 Å². The van der Waals surface area contributed by atoms with Crippen LogP contribution in [0.4, 0.5) is 0 Å². The molecule has 3 aromatic rings. The van der Waals surface area contributed by atoms with Crippen molar-refractivity contribution in [2.24, 2.45) is 0 Å². The van der Waals surface area contributed by atoms with Crippen molar-refractivity contribution in [2.45, 2.75) is 36.6 Å². The second-order valence-corrected chi connectivity index (χ2v) is 9.95. The van der Waals surface area contributed by atoms with Gasteiger partial charge in [0.1, 0.15) is 0 Å². The molecule has 1 N–H and O–H groups in total. The number of likely N-dealkylation sites (tertiary alicyclic amines) is 1. The van der Waals surface area contributed by atoms with Crippen LogP contribution < -0.4 is 0 Å². The van der Waals surface area contributed by atoms with Crippen LogP contribution in [0.1, 0.15) is 41.1 Å². The second kappa shape index (κ2) is 8.51. The van der Waals surface area contributed by atoms with Gasteiger partial charge in [-0.25, -0.2) is 8.42 Å². The summed E-state index contributed by atoms with van der Waals surface area (Å²) in [5.74, 6) is 0.514. The number of nitrogens with zero attached hydrogens (tertiary/aromatic N) is 2. The number of benzene rings is 2. The van der Waals surface area contributed by atoms with Crippen LogP contribution >= 0.6 is 0 Å². The van der Waals surface area contributed by atoms with Crippen LogP contribution in [0, 0.1) is 0 Å². The van der Waals surface area contributed by atoms with Gasteiger partial charge in [-0.05, 0) is 54.8 Å². The first kappa shape index (κ1) is 19.9. The molecular formula is C23H27N3O2S. The third-order valence-corrected chi connectivity index (χ3v) is 6.87. The van der Waals surface area contributed by atoms with Crippen molar-refractivity contribution in [2.75, 3.05) is 19.3 Å². The van der Waals surface area contributed by atoms with E-state index in [0.29, 0.717) is 10.8 Å². The SMILES string of the molecule is CS(=O)(=O)c1ccc(CN2CCC(c3[nH]ncc3Cc3ccccc3)CC2)cc1. The predicted molar refractivity (Wildman–Crippen MR) is 115 cm³/mol. The molecule has 1 aliphatic rings.